The topological polar surface area (TPSA) is 49.4 Å². The van der Waals surface area contributed by atoms with Crippen molar-refractivity contribution in [2.24, 2.45) is 0 Å². The molecule has 0 unspecified atom stereocenters. The van der Waals surface area contributed by atoms with E-state index in [0.717, 1.165) is 12.1 Å². The number of halogens is 4. The maximum Gasteiger partial charge on any atom is 0.418 e. The second kappa shape index (κ2) is 8.66. The van der Waals surface area contributed by atoms with Crippen LogP contribution in [0.1, 0.15) is 18.1 Å². The summed E-state index contributed by atoms with van der Waals surface area (Å²) in [5, 5.41) is 2.21. The predicted octanol–water partition coefficient (Wildman–Crippen LogP) is 3.87. The quantitative estimate of drug-likeness (QED) is 0.771. The average molecular weight is 382 g/mol. The molecule has 0 spiro atoms. The molecule has 1 N–H and O–H groups in total. The molecule has 0 bridgehead atoms. The summed E-state index contributed by atoms with van der Waals surface area (Å²) in [5.41, 5.74) is -0.751. The Morgan fingerprint density at radius 3 is 2.26 bits per heavy atom. The van der Waals surface area contributed by atoms with E-state index in [9.17, 15) is 27.2 Å². The van der Waals surface area contributed by atoms with Crippen LogP contribution in [0, 0.1) is 5.82 Å². The molecule has 0 atom stereocenters. The molecule has 0 aliphatic heterocycles. The molecule has 0 saturated carbocycles. The summed E-state index contributed by atoms with van der Waals surface area (Å²) < 4.78 is 51.9. The standard InChI is InChI=1S/C19H18F4N2O2/c1-2-25(18(27)11-13-7-9-14(20)10-8-13)12-17(26)24-16-6-4-3-5-15(16)19(21,22)23/h3-10H,2,11-12H2,1H3,(H,24,26). The first-order valence-corrected chi connectivity index (χ1v) is 8.19. The van der Waals surface area contributed by atoms with E-state index in [4.69, 9.17) is 0 Å². The average Bonchev–Trinajstić information content (AvgIpc) is 2.61. The van der Waals surface area contributed by atoms with Gasteiger partial charge < -0.3 is 10.2 Å². The highest BCUT2D eigenvalue weighted by atomic mass is 19.4. The molecule has 27 heavy (non-hydrogen) atoms. The van der Waals surface area contributed by atoms with Gasteiger partial charge in [-0.05, 0) is 36.8 Å². The summed E-state index contributed by atoms with van der Waals surface area (Å²) >= 11 is 0. The van der Waals surface area contributed by atoms with Gasteiger partial charge in [-0.3, -0.25) is 9.59 Å². The number of rotatable bonds is 6. The van der Waals surface area contributed by atoms with E-state index in [-0.39, 0.29) is 31.1 Å². The molecule has 2 rings (SSSR count). The number of alkyl halides is 3. The molecule has 0 aliphatic rings. The van der Waals surface area contributed by atoms with Gasteiger partial charge in [-0.25, -0.2) is 4.39 Å². The summed E-state index contributed by atoms with van der Waals surface area (Å²) in [4.78, 5) is 25.7. The number of benzene rings is 2. The van der Waals surface area contributed by atoms with Crippen molar-refractivity contribution >= 4 is 17.5 Å². The third-order valence-electron chi connectivity index (χ3n) is 3.84. The monoisotopic (exact) mass is 382 g/mol. The maximum absolute atomic E-state index is 13.0. The lowest BCUT2D eigenvalue weighted by molar-refractivity contribution is -0.137. The van der Waals surface area contributed by atoms with Crippen LogP contribution in [-0.4, -0.2) is 29.8 Å². The van der Waals surface area contributed by atoms with Crippen molar-refractivity contribution in [2.75, 3.05) is 18.4 Å². The molecule has 0 radical (unpaired) electrons. The van der Waals surface area contributed by atoms with Crippen LogP contribution in [0.5, 0.6) is 0 Å². The molecule has 2 aromatic carbocycles. The Labute approximate surface area is 153 Å². The van der Waals surface area contributed by atoms with Gasteiger partial charge in [0.05, 0.1) is 24.2 Å². The molecule has 4 nitrogen and oxygen atoms in total. The zero-order chi connectivity index (χ0) is 20.0. The highest BCUT2D eigenvalue weighted by Gasteiger charge is 2.33. The van der Waals surface area contributed by atoms with Crippen LogP contribution in [0.4, 0.5) is 23.2 Å². The van der Waals surface area contributed by atoms with Gasteiger partial charge in [0.2, 0.25) is 11.8 Å². The molecule has 0 fully saturated rings. The second-order valence-electron chi connectivity index (χ2n) is 5.80. The van der Waals surface area contributed by atoms with Gasteiger partial charge in [0, 0.05) is 6.54 Å². The number of likely N-dealkylation sites (N-methyl/N-ethyl adjacent to an activating group) is 1. The number of anilines is 1. The second-order valence-corrected chi connectivity index (χ2v) is 5.80. The van der Waals surface area contributed by atoms with Crippen LogP contribution in [0.2, 0.25) is 0 Å². The molecule has 0 saturated heterocycles. The highest BCUT2D eigenvalue weighted by molar-refractivity contribution is 5.95. The highest BCUT2D eigenvalue weighted by Crippen LogP contribution is 2.34. The van der Waals surface area contributed by atoms with Crippen molar-refractivity contribution in [1.82, 2.24) is 4.90 Å². The van der Waals surface area contributed by atoms with Crippen LogP contribution < -0.4 is 5.32 Å². The first-order valence-electron chi connectivity index (χ1n) is 8.19. The predicted molar refractivity (Wildman–Crippen MR) is 92.4 cm³/mol. The number of nitrogens with zero attached hydrogens (tertiary/aromatic N) is 1. The van der Waals surface area contributed by atoms with Gasteiger partial charge in [0.15, 0.2) is 0 Å². The normalized spacial score (nSPS) is 11.1. The zero-order valence-corrected chi connectivity index (χ0v) is 14.5. The molecular weight excluding hydrogens is 364 g/mol. The SMILES string of the molecule is CCN(CC(=O)Nc1ccccc1C(F)(F)F)C(=O)Cc1ccc(F)cc1. The van der Waals surface area contributed by atoms with E-state index in [0.29, 0.717) is 5.56 Å². The van der Waals surface area contributed by atoms with Crippen molar-refractivity contribution < 1.29 is 27.2 Å². The van der Waals surface area contributed by atoms with Crippen molar-refractivity contribution in [1.29, 1.82) is 0 Å². The Kier molecular flexibility index (Phi) is 6.55. The molecule has 144 valence electrons. The third kappa shape index (κ3) is 5.80. The Morgan fingerprint density at radius 2 is 1.67 bits per heavy atom. The molecule has 2 amide bonds. The Balaban J connectivity index is 2.03. The summed E-state index contributed by atoms with van der Waals surface area (Å²) in [6.07, 6.45) is -4.65. The molecule has 0 aromatic heterocycles. The fourth-order valence-corrected chi connectivity index (χ4v) is 2.47. The van der Waals surface area contributed by atoms with Gasteiger partial charge in [-0.1, -0.05) is 24.3 Å². The van der Waals surface area contributed by atoms with Gasteiger partial charge in [-0.15, -0.1) is 0 Å². The first-order chi connectivity index (χ1) is 12.7. The van der Waals surface area contributed by atoms with Gasteiger partial charge in [-0.2, -0.15) is 13.2 Å². The van der Waals surface area contributed by atoms with Gasteiger partial charge in [0.25, 0.3) is 0 Å². The summed E-state index contributed by atoms with van der Waals surface area (Å²) in [7, 11) is 0. The lowest BCUT2D eigenvalue weighted by Crippen LogP contribution is -2.38. The fraction of sp³-hybridized carbons (Fsp3) is 0.263. The van der Waals surface area contributed by atoms with Crippen LogP contribution in [-0.2, 0) is 22.2 Å². The number of carbonyl (C=O) groups excluding carboxylic acids is 2. The van der Waals surface area contributed by atoms with E-state index in [2.05, 4.69) is 5.32 Å². The van der Waals surface area contributed by atoms with Crippen molar-refractivity contribution in [3.63, 3.8) is 0 Å². The molecule has 0 aliphatic carbocycles. The fourth-order valence-electron chi connectivity index (χ4n) is 2.47. The van der Waals surface area contributed by atoms with Crippen molar-refractivity contribution in [3.8, 4) is 0 Å². The Morgan fingerprint density at radius 1 is 1.04 bits per heavy atom. The number of hydrogen-bond acceptors (Lipinski definition) is 2. The lowest BCUT2D eigenvalue weighted by Gasteiger charge is -2.21. The zero-order valence-electron chi connectivity index (χ0n) is 14.5. The van der Waals surface area contributed by atoms with E-state index >= 15 is 0 Å². The molecule has 2 aromatic rings. The first kappa shape index (κ1) is 20.4. The smallest absolute Gasteiger partial charge is 0.333 e. The lowest BCUT2D eigenvalue weighted by atomic mass is 10.1. The minimum Gasteiger partial charge on any atom is -0.333 e. The van der Waals surface area contributed by atoms with Crippen molar-refractivity contribution in [3.05, 3.63) is 65.5 Å². The number of para-hydroxylation sites is 1. The number of hydrogen-bond donors (Lipinski definition) is 1. The van der Waals surface area contributed by atoms with Crippen LogP contribution in [0.15, 0.2) is 48.5 Å². The number of amides is 2. The van der Waals surface area contributed by atoms with Crippen LogP contribution in [0.25, 0.3) is 0 Å². The largest absolute Gasteiger partial charge is 0.418 e. The summed E-state index contributed by atoms with van der Waals surface area (Å²) in [6.45, 7) is 1.47. The minimum absolute atomic E-state index is 0.0411. The van der Waals surface area contributed by atoms with Crippen molar-refractivity contribution in [2.45, 2.75) is 19.5 Å². The summed E-state index contributed by atoms with van der Waals surface area (Å²) in [5.74, 6) is -1.55. The Hall–Kier alpha value is -2.90. The van der Waals surface area contributed by atoms with E-state index in [1.54, 1.807) is 6.92 Å². The molecule has 8 heteroatoms. The molecule has 0 heterocycles. The van der Waals surface area contributed by atoms with Gasteiger partial charge >= 0.3 is 6.18 Å². The van der Waals surface area contributed by atoms with E-state index in [1.165, 1.54) is 41.3 Å². The third-order valence-corrected chi connectivity index (χ3v) is 3.84. The number of nitrogens with one attached hydrogen (secondary N) is 1. The van der Waals surface area contributed by atoms with Crippen LogP contribution in [0.3, 0.4) is 0 Å². The summed E-state index contributed by atoms with van der Waals surface area (Å²) in [6, 6.07) is 9.98. The number of carbonyl (C=O) groups is 2. The Bertz CT molecular complexity index is 804. The van der Waals surface area contributed by atoms with E-state index in [1.807, 2.05) is 0 Å². The molecular formula is C19H18F4N2O2. The van der Waals surface area contributed by atoms with Crippen LogP contribution >= 0.6 is 0 Å². The maximum atomic E-state index is 13.0. The van der Waals surface area contributed by atoms with E-state index < -0.39 is 23.5 Å². The van der Waals surface area contributed by atoms with Gasteiger partial charge in [0.1, 0.15) is 5.82 Å². The minimum atomic E-state index is -4.60.